The number of benzene rings is 1. The lowest BCUT2D eigenvalue weighted by Crippen LogP contribution is -2.13. The normalized spacial score (nSPS) is 11.6. The van der Waals surface area contributed by atoms with Gasteiger partial charge >= 0.3 is 0 Å². The first-order valence-electron chi connectivity index (χ1n) is 5.89. The van der Waals surface area contributed by atoms with E-state index in [1.807, 2.05) is 26.0 Å². The molecule has 0 spiro atoms. The molecule has 0 saturated carbocycles. The maximum Gasteiger partial charge on any atom is 0.238 e. The van der Waals surface area contributed by atoms with E-state index < -0.39 is 10.0 Å². The minimum absolute atomic E-state index is 0.108. The van der Waals surface area contributed by atoms with E-state index in [9.17, 15) is 8.42 Å². The zero-order valence-corrected chi connectivity index (χ0v) is 14.1. The van der Waals surface area contributed by atoms with Crippen LogP contribution in [-0.2, 0) is 16.6 Å². The van der Waals surface area contributed by atoms with Gasteiger partial charge in [0.25, 0.3) is 0 Å². The average molecular weight is 406 g/mol. The summed E-state index contributed by atoms with van der Waals surface area (Å²) in [6.07, 6.45) is 0. The highest BCUT2D eigenvalue weighted by atomic mass is 127. The molecular weight excluding hydrogens is 391 g/mol. The number of primary sulfonamides is 1. The van der Waals surface area contributed by atoms with Crippen molar-refractivity contribution in [2.24, 2.45) is 5.14 Å². The van der Waals surface area contributed by atoms with E-state index in [1.54, 1.807) is 12.1 Å². The molecule has 0 saturated heterocycles. The summed E-state index contributed by atoms with van der Waals surface area (Å²) in [6.45, 7) is 4.26. The maximum absolute atomic E-state index is 11.5. The molecule has 1 heterocycles. The van der Waals surface area contributed by atoms with Crippen molar-refractivity contribution in [1.82, 2.24) is 0 Å². The van der Waals surface area contributed by atoms with Gasteiger partial charge in [0.1, 0.15) is 5.76 Å². The monoisotopic (exact) mass is 406 g/mol. The Morgan fingerprint density at radius 3 is 2.55 bits per heavy atom. The minimum Gasteiger partial charge on any atom is -0.454 e. The Morgan fingerprint density at radius 2 is 2.00 bits per heavy atom. The molecule has 1 aromatic carbocycles. The number of nitrogens with one attached hydrogen (secondary N) is 1. The molecule has 7 heteroatoms. The van der Waals surface area contributed by atoms with Crippen molar-refractivity contribution in [3.63, 3.8) is 0 Å². The molecule has 0 aliphatic rings. The van der Waals surface area contributed by atoms with Crippen LogP contribution in [-0.4, -0.2) is 8.42 Å². The van der Waals surface area contributed by atoms with Crippen LogP contribution in [0.4, 0.5) is 5.69 Å². The van der Waals surface area contributed by atoms with Gasteiger partial charge in [0.05, 0.1) is 11.4 Å². The lowest BCUT2D eigenvalue weighted by atomic mass is 10.1. The lowest BCUT2D eigenvalue weighted by molar-refractivity contribution is 0.493. The van der Waals surface area contributed by atoms with Crippen molar-refractivity contribution in [3.05, 3.63) is 44.9 Å². The Labute approximate surface area is 131 Å². The van der Waals surface area contributed by atoms with Crippen LogP contribution in [0.3, 0.4) is 0 Å². The molecule has 0 bridgehead atoms. The van der Waals surface area contributed by atoms with Crippen LogP contribution in [0, 0.1) is 17.6 Å². The SMILES string of the molecule is Cc1cc(S(N)(=O)=O)cc(NCc2ccc(I)o2)c1C. The second-order valence-electron chi connectivity index (χ2n) is 4.52. The molecule has 1 aromatic heterocycles. The van der Waals surface area contributed by atoms with Crippen molar-refractivity contribution >= 4 is 38.3 Å². The van der Waals surface area contributed by atoms with Crippen LogP contribution < -0.4 is 10.5 Å². The molecule has 2 aromatic rings. The van der Waals surface area contributed by atoms with Gasteiger partial charge in [-0.05, 0) is 71.8 Å². The van der Waals surface area contributed by atoms with Gasteiger partial charge in [-0.3, -0.25) is 0 Å². The van der Waals surface area contributed by atoms with Crippen LogP contribution in [0.15, 0.2) is 33.6 Å². The van der Waals surface area contributed by atoms with Crippen molar-refractivity contribution in [3.8, 4) is 0 Å². The highest BCUT2D eigenvalue weighted by Crippen LogP contribution is 2.24. The number of aryl methyl sites for hydroxylation is 1. The number of furan rings is 1. The van der Waals surface area contributed by atoms with Gasteiger partial charge in [-0.1, -0.05) is 0 Å². The van der Waals surface area contributed by atoms with Gasteiger partial charge in [-0.2, -0.15) is 0 Å². The molecule has 0 radical (unpaired) electrons. The molecule has 0 fully saturated rings. The number of halogens is 1. The average Bonchev–Trinajstić information content (AvgIpc) is 2.75. The van der Waals surface area contributed by atoms with Crippen LogP contribution in [0.25, 0.3) is 0 Å². The summed E-state index contributed by atoms with van der Waals surface area (Å²) in [5.74, 6) is 0.785. The first-order chi connectivity index (χ1) is 9.27. The van der Waals surface area contributed by atoms with Crippen molar-refractivity contribution in [2.45, 2.75) is 25.3 Å². The van der Waals surface area contributed by atoms with Crippen LogP contribution >= 0.6 is 22.6 Å². The number of sulfonamides is 1. The summed E-state index contributed by atoms with van der Waals surface area (Å²) in [6, 6.07) is 6.87. The van der Waals surface area contributed by atoms with Crippen LogP contribution in [0.5, 0.6) is 0 Å². The van der Waals surface area contributed by atoms with Crippen LogP contribution in [0.2, 0.25) is 0 Å². The fraction of sp³-hybridized carbons (Fsp3) is 0.231. The first kappa shape index (κ1) is 15.3. The number of rotatable bonds is 4. The largest absolute Gasteiger partial charge is 0.454 e. The Bertz CT molecular complexity index is 738. The summed E-state index contributed by atoms with van der Waals surface area (Å²) >= 11 is 2.09. The van der Waals surface area contributed by atoms with Crippen molar-refractivity contribution in [1.29, 1.82) is 0 Å². The van der Waals surface area contributed by atoms with Crippen LogP contribution in [0.1, 0.15) is 16.9 Å². The molecule has 0 amide bonds. The third kappa shape index (κ3) is 3.53. The fourth-order valence-electron chi connectivity index (χ4n) is 1.80. The third-order valence-electron chi connectivity index (χ3n) is 3.05. The molecule has 0 aliphatic carbocycles. The Balaban J connectivity index is 2.29. The number of anilines is 1. The van der Waals surface area contributed by atoms with E-state index in [1.165, 1.54) is 0 Å². The molecule has 108 valence electrons. The van der Waals surface area contributed by atoms with Gasteiger partial charge in [-0.25, -0.2) is 13.6 Å². The maximum atomic E-state index is 11.5. The molecule has 2 rings (SSSR count). The summed E-state index contributed by atoms with van der Waals surface area (Å²) in [7, 11) is -3.71. The highest BCUT2D eigenvalue weighted by molar-refractivity contribution is 14.1. The van der Waals surface area contributed by atoms with E-state index in [0.29, 0.717) is 6.54 Å². The summed E-state index contributed by atoms with van der Waals surface area (Å²) in [5, 5.41) is 8.36. The molecule has 5 nitrogen and oxygen atoms in total. The molecule has 0 atom stereocenters. The summed E-state index contributed by atoms with van der Waals surface area (Å²) in [5.41, 5.74) is 2.59. The van der Waals surface area contributed by atoms with Gasteiger partial charge in [0.2, 0.25) is 10.0 Å². The highest BCUT2D eigenvalue weighted by Gasteiger charge is 2.12. The molecule has 3 N–H and O–H groups in total. The smallest absolute Gasteiger partial charge is 0.238 e. The minimum atomic E-state index is -3.71. The van der Waals surface area contributed by atoms with Gasteiger partial charge < -0.3 is 9.73 Å². The van der Waals surface area contributed by atoms with Crippen molar-refractivity contribution in [2.75, 3.05) is 5.32 Å². The second-order valence-corrected chi connectivity index (χ2v) is 7.14. The van der Waals surface area contributed by atoms with E-state index in [-0.39, 0.29) is 4.90 Å². The van der Waals surface area contributed by atoms with Gasteiger partial charge in [0, 0.05) is 5.69 Å². The van der Waals surface area contributed by atoms with E-state index in [4.69, 9.17) is 9.56 Å². The first-order valence-corrected chi connectivity index (χ1v) is 8.52. The molecule has 20 heavy (non-hydrogen) atoms. The Kier molecular flexibility index (Phi) is 4.40. The predicted molar refractivity (Wildman–Crippen MR) is 86.0 cm³/mol. The Morgan fingerprint density at radius 1 is 1.30 bits per heavy atom. The van der Waals surface area contributed by atoms with Gasteiger partial charge in [0.15, 0.2) is 3.77 Å². The quantitative estimate of drug-likeness (QED) is 0.765. The Hall–Kier alpha value is -1.06. The number of hydrogen-bond acceptors (Lipinski definition) is 4. The molecule has 0 aliphatic heterocycles. The zero-order chi connectivity index (χ0) is 14.9. The molecular formula is C13H15IN2O3S. The van der Waals surface area contributed by atoms with Crippen molar-refractivity contribution < 1.29 is 12.8 Å². The third-order valence-corrected chi connectivity index (χ3v) is 4.52. The predicted octanol–water partition coefficient (Wildman–Crippen LogP) is 2.76. The standard InChI is InChI=1S/C13H15IN2O3S/c1-8-5-11(20(15,17)18)6-12(9(8)2)16-7-10-3-4-13(14)19-10/h3-6,16H,7H2,1-2H3,(H2,15,17,18). The molecule has 0 unspecified atom stereocenters. The zero-order valence-electron chi connectivity index (χ0n) is 11.1. The summed E-state index contributed by atoms with van der Waals surface area (Å²) in [4.78, 5) is 0.108. The second kappa shape index (κ2) is 5.74. The summed E-state index contributed by atoms with van der Waals surface area (Å²) < 4.78 is 29.2. The fourth-order valence-corrected chi connectivity index (χ4v) is 2.89. The van der Waals surface area contributed by atoms with Gasteiger partial charge in [-0.15, -0.1) is 0 Å². The van der Waals surface area contributed by atoms with E-state index in [0.717, 1.165) is 26.3 Å². The number of hydrogen-bond donors (Lipinski definition) is 2. The van der Waals surface area contributed by atoms with E-state index in [2.05, 4.69) is 27.9 Å². The van der Waals surface area contributed by atoms with E-state index >= 15 is 0 Å². The lowest BCUT2D eigenvalue weighted by Gasteiger charge is -2.12. The topological polar surface area (TPSA) is 85.3 Å². The number of nitrogens with two attached hydrogens (primary N) is 1.